The van der Waals surface area contributed by atoms with Gasteiger partial charge in [0.25, 0.3) is 0 Å². The van der Waals surface area contributed by atoms with Crippen LogP contribution in [0.15, 0.2) is 30.3 Å². The van der Waals surface area contributed by atoms with Crippen LogP contribution in [0.1, 0.15) is 19.3 Å². The van der Waals surface area contributed by atoms with Gasteiger partial charge in [-0.15, -0.1) is 0 Å². The number of likely N-dealkylation sites (tertiary alicyclic amines) is 2. The molecule has 3 saturated heterocycles. The highest BCUT2D eigenvalue weighted by Gasteiger charge is 2.43. The van der Waals surface area contributed by atoms with Gasteiger partial charge in [-0.1, -0.05) is 18.2 Å². The van der Waals surface area contributed by atoms with Crippen molar-refractivity contribution in [3.05, 3.63) is 30.3 Å². The molecule has 3 amide bonds. The van der Waals surface area contributed by atoms with Crippen LogP contribution in [-0.2, 0) is 14.4 Å². The number of carbonyl (C=O) groups is 3. The molecule has 8 nitrogen and oxygen atoms in total. The summed E-state index contributed by atoms with van der Waals surface area (Å²) in [5.41, 5.74) is 7.35. The minimum atomic E-state index is -0.238. The average Bonchev–Trinajstić information content (AvgIpc) is 3.40. The van der Waals surface area contributed by atoms with Crippen molar-refractivity contribution in [3.63, 3.8) is 0 Å². The molecule has 3 aliphatic heterocycles. The lowest BCUT2D eigenvalue weighted by atomic mass is 9.83. The Hall–Kier alpha value is -2.45. The number of para-hydroxylation sites is 1. The molecule has 4 rings (SSSR count). The predicted molar refractivity (Wildman–Crippen MR) is 113 cm³/mol. The van der Waals surface area contributed by atoms with Gasteiger partial charge in [0.1, 0.15) is 0 Å². The SMILES string of the molecule is CN1CC(C(=O)N2CCCC(C3NNCC3C(=O)N(C)c3ccccc3)C2)CC1=O. The topological polar surface area (TPSA) is 85.0 Å². The Bertz CT molecular complexity index is 801. The van der Waals surface area contributed by atoms with Gasteiger partial charge in [0.2, 0.25) is 17.7 Å². The third kappa shape index (κ3) is 4.06. The first-order chi connectivity index (χ1) is 14.5. The van der Waals surface area contributed by atoms with Crippen molar-refractivity contribution in [2.45, 2.75) is 25.3 Å². The monoisotopic (exact) mass is 413 g/mol. The largest absolute Gasteiger partial charge is 0.345 e. The zero-order valence-corrected chi connectivity index (χ0v) is 17.7. The molecular formula is C22H31N5O3. The standard InChI is InChI=1S/C22H31N5O3/c1-25-13-16(11-19(25)28)21(29)27-10-6-7-15(14-27)20-18(12-23-24-20)22(30)26(2)17-8-4-3-5-9-17/h3-5,8-9,15-16,18,20,23-24H,6-7,10-14H2,1-2H3. The molecule has 2 N–H and O–H groups in total. The minimum Gasteiger partial charge on any atom is -0.345 e. The van der Waals surface area contributed by atoms with Gasteiger partial charge in [-0.3, -0.25) is 25.2 Å². The summed E-state index contributed by atoms with van der Waals surface area (Å²) in [6.07, 6.45) is 2.20. The maximum absolute atomic E-state index is 13.2. The summed E-state index contributed by atoms with van der Waals surface area (Å²) in [6.45, 7) is 2.44. The predicted octanol–water partition coefficient (Wildman–Crippen LogP) is 0.459. The summed E-state index contributed by atoms with van der Waals surface area (Å²) >= 11 is 0. The van der Waals surface area contributed by atoms with Crippen molar-refractivity contribution < 1.29 is 14.4 Å². The Kier molecular flexibility index (Phi) is 6.06. The van der Waals surface area contributed by atoms with Gasteiger partial charge in [-0.05, 0) is 30.9 Å². The van der Waals surface area contributed by atoms with Crippen molar-refractivity contribution in [2.75, 3.05) is 45.2 Å². The summed E-state index contributed by atoms with van der Waals surface area (Å²) in [4.78, 5) is 43.3. The average molecular weight is 414 g/mol. The molecule has 0 spiro atoms. The van der Waals surface area contributed by atoms with Crippen LogP contribution >= 0.6 is 0 Å². The molecule has 1 aromatic rings. The van der Waals surface area contributed by atoms with Crippen LogP contribution in [0.5, 0.6) is 0 Å². The van der Waals surface area contributed by atoms with E-state index in [1.54, 1.807) is 16.8 Å². The number of anilines is 1. The molecule has 4 unspecified atom stereocenters. The van der Waals surface area contributed by atoms with Gasteiger partial charge in [0.15, 0.2) is 0 Å². The molecule has 4 atom stereocenters. The third-order valence-corrected chi connectivity index (χ3v) is 6.78. The Morgan fingerprint density at radius 3 is 2.63 bits per heavy atom. The first-order valence-electron chi connectivity index (χ1n) is 10.8. The zero-order valence-electron chi connectivity index (χ0n) is 17.7. The van der Waals surface area contributed by atoms with Crippen molar-refractivity contribution >= 4 is 23.4 Å². The molecule has 0 radical (unpaired) electrons. The summed E-state index contributed by atoms with van der Waals surface area (Å²) in [5, 5.41) is 0. The lowest BCUT2D eigenvalue weighted by molar-refractivity contribution is -0.138. The van der Waals surface area contributed by atoms with Crippen LogP contribution in [-0.4, -0.2) is 73.8 Å². The molecule has 1 aromatic carbocycles. The first kappa shape index (κ1) is 20.8. The molecule has 3 heterocycles. The summed E-state index contributed by atoms with van der Waals surface area (Å²) < 4.78 is 0. The number of nitrogens with zero attached hydrogens (tertiary/aromatic N) is 3. The lowest BCUT2D eigenvalue weighted by Gasteiger charge is -2.38. The van der Waals surface area contributed by atoms with E-state index in [4.69, 9.17) is 0 Å². The van der Waals surface area contributed by atoms with E-state index in [0.717, 1.165) is 25.1 Å². The fraction of sp³-hybridized carbons (Fsp3) is 0.591. The van der Waals surface area contributed by atoms with Crippen LogP contribution in [0.25, 0.3) is 0 Å². The quantitative estimate of drug-likeness (QED) is 0.749. The highest BCUT2D eigenvalue weighted by atomic mass is 16.2. The van der Waals surface area contributed by atoms with Gasteiger partial charge < -0.3 is 14.7 Å². The van der Waals surface area contributed by atoms with E-state index in [1.165, 1.54) is 0 Å². The molecule has 8 heteroatoms. The van der Waals surface area contributed by atoms with Crippen LogP contribution < -0.4 is 15.8 Å². The van der Waals surface area contributed by atoms with Crippen LogP contribution in [0.3, 0.4) is 0 Å². The van der Waals surface area contributed by atoms with E-state index in [0.29, 0.717) is 26.1 Å². The lowest BCUT2D eigenvalue weighted by Crippen LogP contribution is -2.52. The Balaban J connectivity index is 1.42. The first-order valence-corrected chi connectivity index (χ1v) is 10.8. The maximum atomic E-state index is 13.2. The van der Waals surface area contributed by atoms with Crippen molar-refractivity contribution in [3.8, 4) is 0 Å². The third-order valence-electron chi connectivity index (χ3n) is 6.78. The number of hydrogen-bond acceptors (Lipinski definition) is 5. The van der Waals surface area contributed by atoms with Gasteiger partial charge >= 0.3 is 0 Å². The van der Waals surface area contributed by atoms with E-state index in [-0.39, 0.29) is 41.5 Å². The normalized spacial score (nSPS) is 29.3. The number of carbonyl (C=O) groups excluding carboxylic acids is 3. The van der Waals surface area contributed by atoms with Crippen LogP contribution in [0.2, 0.25) is 0 Å². The van der Waals surface area contributed by atoms with E-state index < -0.39 is 0 Å². The number of hydrazine groups is 1. The molecule has 162 valence electrons. The summed E-state index contributed by atoms with van der Waals surface area (Å²) in [5.74, 6) is -0.0290. The highest BCUT2D eigenvalue weighted by molar-refractivity contribution is 5.95. The smallest absolute Gasteiger partial charge is 0.232 e. The molecule has 0 aromatic heterocycles. The van der Waals surface area contributed by atoms with Gasteiger partial charge in [-0.2, -0.15) is 0 Å². The number of nitrogens with one attached hydrogen (secondary N) is 2. The molecule has 0 saturated carbocycles. The van der Waals surface area contributed by atoms with Crippen LogP contribution in [0, 0.1) is 17.8 Å². The second-order valence-electron chi connectivity index (χ2n) is 8.75. The Morgan fingerprint density at radius 1 is 1.17 bits per heavy atom. The second kappa shape index (κ2) is 8.73. The minimum absolute atomic E-state index is 0.0212. The van der Waals surface area contributed by atoms with Gasteiger partial charge in [0.05, 0.1) is 11.8 Å². The Morgan fingerprint density at radius 2 is 1.93 bits per heavy atom. The summed E-state index contributed by atoms with van der Waals surface area (Å²) in [6, 6.07) is 9.64. The molecule has 0 aliphatic carbocycles. The maximum Gasteiger partial charge on any atom is 0.232 e. The molecule has 3 aliphatic rings. The van der Waals surface area contributed by atoms with Crippen molar-refractivity contribution in [1.82, 2.24) is 20.7 Å². The summed E-state index contributed by atoms with van der Waals surface area (Å²) in [7, 11) is 3.57. The van der Waals surface area contributed by atoms with E-state index in [9.17, 15) is 14.4 Å². The number of amides is 3. The molecular weight excluding hydrogens is 382 g/mol. The van der Waals surface area contributed by atoms with E-state index in [1.807, 2.05) is 42.3 Å². The highest BCUT2D eigenvalue weighted by Crippen LogP contribution is 2.29. The number of piperidine rings is 1. The number of hydrogen-bond donors (Lipinski definition) is 2. The Labute approximate surface area is 177 Å². The molecule has 0 bridgehead atoms. The second-order valence-corrected chi connectivity index (χ2v) is 8.75. The fourth-order valence-electron chi connectivity index (χ4n) is 5.02. The zero-order chi connectivity index (χ0) is 21.3. The number of rotatable bonds is 4. The van der Waals surface area contributed by atoms with Crippen molar-refractivity contribution in [2.24, 2.45) is 17.8 Å². The van der Waals surface area contributed by atoms with Crippen molar-refractivity contribution in [1.29, 1.82) is 0 Å². The molecule has 30 heavy (non-hydrogen) atoms. The van der Waals surface area contributed by atoms with Crippen LogP contribution in [0.4, 0.5) is 5.69 Å². The van der Waals surface area contributed by atoms with Gasteiger partial charge in [-0.25, -0.2) is 0 Å². The molecule has 3 fully saturated rings. The van der Waals surface area contributed by atoms with E-state index >= 15 is 0 Å². The van der Waals surface area contributed by atoms with Gasteiger partial charge in [0, 0.05) is 58.4 Å². The number of benzene rings is 1. The van der Waals surface area contributed by atoms with E-state index in [2.05, 4.69) is 10.9 Å². The fourth-order valence-corrected chi connectivity index (χ4v) is 5.02.